The highest BCUT2D eigenvalue weighted by Crippen LogP contribution is 2.37. The van der Waals surface area contributed by atoms with Gasteiger partial charge >= 0.3 is 0 Å². The Morgan fingerprint density at radius 3 is 2.47 bits per heavy atom. The normalized spacial score (nSPS) is 11.8. The summed E-state index contributed by atoms with van der Waals surface area (Å²) in [7, 11) is 0. The van der Waals surface area contributed by atoms with Crippen molar-refractivity contribution in [2.75, 3.05) is 0 Å². The predicted molar refractivity (Wildman–Crippen MR) is 70.9 cm³/mol. The standard InChI is InChI=1S/C14H16FNS/c1-9-12(8-17-13(9)14(2,3)4)10-5-11(15)7-16-6-10/h5-8H,1-4H3. The molecule has 0 aliphatic carbocycles. The number of rotatable bonds is 1. The van der Waals surface area contributed by atoms with Crippen LogP contribution in [-0.2, 0) is 5.41 Å². The predicted octanol–water partition coefficient (Wildman–Crippen LogP) is 4.56. The van der Waals surface area contributed by atoms with Crippen molar-refractivity contribution in [3.63, 3.8) is 0 Å². The van der Waals surface area contributed by atoms with Gasteiger partial charge < -0.3 is 0 Å². The molecular formula is C14H16FNS. The number of hydrogen-bond acceptors (Lipinski definition) is 2. The molecule has 0 aliphatic rings. The van der Waals surface area contributed by atoms with E-state index in [-0.39, 0.29) is 11.2 Å². The molecule has 0 saturated carbocycles. The Morgan fingerprint density at radius 1 is 1.24 bits per heavy atom. The molecule has 0 unspecified atom stereocenters. The molecule has 0 radical (unpaired) electrons. The molecule has 2 rings (SSSR count). The van der Waals surface area contributed by atoms with Crippen LogP contribution in [0.15, 0.2) is 23.8 Å². The smallest absolute Gasteiger partial charge is 0.142 e. The SMILES string of the molecule is Cc1c(-c2cncc(F)c2)csc1C(C)(C)C. The van der Waals surface area contributed by atoms with E-state index in [0.717, 1.165) is 11.1 Å². The summed E-state index contributed by atoms with van der Waals surface area (Å²) in [6.07, 6.45) is 2.94. The first kappa shape index (κ1) is 12.2. The van der Waals surface area contributed by atoms with Crippen LogP contribution in [0.25, 0.3) is 11.1 Å². The first-order chi connectivity index (χ1) is 7.89. The third kappa shape index (κ3) is 2.39. The zero-order valence-corrected chi connectivity index (χ0v) is 11.4. The number of pyridine rings is 1. The van der Waals surface area contributed by atoms with E-state index in [1.165, 1.54) is 22.7 Å². The highest BCUT2D eigenvalue weighted by atomic mass is 32.1. The first-order valence-corrected chi connectivity index (χ1v) is 6.47. The molecular weight excluding hydrogens is 233 g/mol. The van der Waals surface area contributed by atoms with Gasteiger partial charge in [0.05, 0.1) is 6.20 Å². The molecule has 0 atom stereocenters. The van der Waals surface area contributed by atoms with E-state index in [1.807, 2.05) is 0 Å². The molecule has 0 aliphatic heterocycles. The third-order valence-corrected chi connectivity index (χ3v) is 4.24. The average Bonchev–Trinajstić information content (AvgIpc) is 2.59. The quantitative estimate of drug-likeness (QED) is 0.722. The van der Waals surface area contributed by atoms with Gasteiger partial charge in [-0.1, -0.05) is 20.8 Å². The third-order valence-electron chi connectivity index (χ3n) is 2.74. The molecule has 90 valence electrons. The van der Waals surface area contributed by atoms with Gasteiger partial charge in [-0.05, 0) is 34.9 Å². The number of thiophene rings is 1. The largest absolute Gasteiger partial charge is 0.261 e. The van der Waals surface area contributed by atoms with Crippen molar-refractivity contribution in [3.8, 4) is 11.1 Å². The number of nitrogens with zero attached hydrogens (tertiary/aromatic N) is 1. The summed E-state index contributed by atoms with van der Waals surface area (Å²) in [5.74, 6) is -0.287. The van der Waals surface area contributed by atoms with Crippen molar-refractivity contribution in [3.05, 3.63) is 40.1 Å². The highest BCUT2D eigenvalue weighted by molar-refractivity contribution is 7.10. The molecule has 2 aromatic rings. The molecule has 17 heavy (non-hydrogen) atoms. The molecule has 0 amide bonds. The van der Waals surface area contributed by atoms with Gasteiger partial charge in [-0.25, -0.2) is 4.39 Å². The molecule has 0 saturated heterocycles. The Bertz CT molecular complexity index is 537. The Labute approximate surface area is 105 Å². The second-order valence-corrected chi connectivity index (χ2v) is 6.12. The molecule has 2 heterocycles. The maximum atomic E-state index is 13.2. The van der Waals surface area contributed by atoms with Gasteiger partial charge in [0.2, 0.25) is 0 Å². The maximum absolute atomic E-state index is 13.2. The van der Waals surface area contributed by atoms with E-state index in [9.17, 15) is 4.39 Å². The zero-order chi connectivity index (χ0) is 12.6. The van der Waals surface area contributed by atoms with Crippen molar-refractivity contribution in [2.45, 2.75) is 33.1 Å². The minimum atomic E-state index is -0.287. The molecule has 0 fully saturated rings. The topological polar surface area (TPSA) is 12.9 Å². The summed E-state index contributed by atoms with van der Waals surface area (Å²) >= 11 is 1.73. The summed E-state index contributed by atoms with van der Waals surface area (Å²) in [4.78, 5) is 5.25. The van der Waals surface area contributed by atoms with Crippen LogP contribution in [0.1, 0.15) is 31.2 Å². The number of aromatic nitrogens is 1. The summed E-state index contributed by atoms with van der Waals surface area (Å²) < 4.78 is 13.2. The molecule has 3 heteroatoms. The number of hydrogen-bond donors (Lipinski definition) is 0. The highest BCUT2D eigenvalue weighted by Gasteiger charge is 2.20. The van der Waals surface area contributed by atoms with E-state index in [4.69, 9.17) is 0 Å². The van der Waals surface area contributed by atoms with Gasteiger partial charge in [0.15, 0.2) is 0 Å². The van der Waals surface area contributed by atoms with Gasteiger partial charge in [-0.15, -0.1) is 11.3 Å². The Kier molecular flexibility index (Phi) is 3.04. The summed E-state index contributed by atoms with van der Waals surface area (Å²) in [6, 6.07) is 1.54. The van der Waals surface area contributed by atoms with Crippen molar-refractivity contribution in [1.29, 1.82) is 0 Å². The first-order valence-electron chi connectivity index (χ1n) is 5.59. The average molecular weight is 249 g/mol. The van der Waals surface area contributed by atoms with E-state index in [2.05, 4.69) is 38.1 Å². The van der Waals surface area contributed by atoms with E-state index >= 15 is 0 Å². The van der Waals surface area contributed by atoms with Crippen LogP contribution >= 0.6 is 11.3 Å². The summed E-state index contributed by atoms with van der Waals surface area (Å²) in [5.41, 5.74) is 3.31. The molecule has 0 spiro atoms. The summed E-state index contributed by atoms with van der Waals surface area (Å²) in [5, 5.41) is 2.09. The van der Waals surface area contributed by atoms with Crippen molar-refractivity contribution < 1.29 is 4.39 Å². The lowest BCUT2D eigenvalue weighted by Gasteiger charge is -2.18. The minimum Gasteiger partial charge on any atom is -0.261 e. The van der Waals surface area contributed by atoms with Crippen LogP contribution in [-0.4, -0.2) is 4.98 Å². The Morgan fingerprint density at radius 2 is 1.94 bits per heavy atom. The van der Waals surface area contributed by atoms with Gasteiger partial charge in [-0.3, -0.25) is 4.98 Å². The minimum absolute atomic E-state index is 0.133. The lowest BCUT2D eigenvalue weighted by molar-refractivity contribution is 0.600. The number of halogens is 1. The Balaban J connectivity index is 2.52. The second kappa shape index (κ2) is 4.22. The van der Waals surface area contributed by atoms with Crippen molar-refractivity contribution in [1.82, 2.24) is 4.98 Å². The molecule has 0 aromatic carbocycles. The second-order valence-electron chi connectivity index (χ2n) is 5.25. The van der Waals surface area contributed by atoms with Crippen LogP contribution in [0, 0.1) is 12.7 Å². The Hall–Kier alpha value is -1.22. The van der Waals surface area contributed by atoms with Gasteiger partial charge in [0.25, 0.3) is 0 Å². The zero-order valence-electron chi connectivity index (χ0n) is 10.5. The molecule has 1 nitrogen and oxygen atoms in total. The van der Waals surface area contributed by atoms with E-state index in [1.54, 1.807) is 17.5 Å². The van der Waals surface area contributed by atoms with Crippen LogP contribution in [0.5, 0.6) is 0 Å². The molecule has 0 bridgehead atoms. The fourth-order valence-corrected chi connectivity index (χ4v) is 3.19. The van der Waals surface area contributed by atoms with Crippen molar-refractivity contribution in [2.24, 2.45) is 0 Å². The van der Waals surface area contributed by atoms with Crippen LogP contribution in [0.4, 0.5) is 4.39 Å². The molecule has 0 N–H and O–H groups in total. The van der Waals surface area contributed by atoms with Crippen LogP contribution in [0.3, 0.4) is 0 Å². The summed E-state index contributed by atoms with van der Waals surface area (Å²) in [6.45, 7) is 8.68. The lowest BCUT2D eigenvalue weighted by atomic mass is 9.90. The van der Waals surface area contributed by atoms with Gasteiger partial charge in [0, 0.05) is 16.6 Å². The molecule has 2 aromatic heterocycles. The van der Waals surface area contributed by atoms with Crippen molar-refractivity contribution >= 4 is 11.3 Å². The van der Waals surface area contributed by atoms with Gasteiger partial charge in [0.1, 0.15) is 5.82 Å². The fourth-order valence-electron chi connectivity index (χ4n) is 2.00. The van der Waals surface area contributed by atoms with E-state index < -0.39 is 0 Å². The van der Waals surface area contributed by atoms with Gasteiger partial charge in [-0.2, -0.15) is 0 Å². The van der Waals surface area contributed by atoms with Crippen LogP contribution in [0.2, 0.25) is 0 Å². The monoisotopic (exact) mass is 249 g/mol. The van der Waals surface area contributed by atoms with E-state index in [0.29, 0.717) is 0 Å². The fraction of sp³-hybridized carbons (Fsp3) is 0.357. The van der Waals surface area contributed by atoms with Crippen LogP contribution < -0.4 is 0 Å². The maximum Gasteiger partial charge on any atom is 0.142 e. The lowest BCUT2D eigenvalue weighted by Crippen LogP contribution is -2.10.